The average molecular weight is 276 g/mol. The predicted molar refractivity (Wildman–Crippen MR) is 77.7 cm³/mol. The van der Waals surface area contributed by atoms with E-state index < -0.39 is 0 Å². The number of aliphatic hydroxyl groups is 1. The number of pyridine rings is 1. The molecule has 0 saturated carbocycles. The molecule has 0 aliphatic carbocycles. The lowest BCUT2D eigenvalue weighted by atomic mass is 9.96. The molecule has 4 heteroatoms. The van der Waals surface area contributed by atoms with Gasteiger partial charge in [0.15, 0.2) is 0 Å². The van der Waals surface area contributed by atoms with E-state index in [9.17, 15) is 5.11 Å². The maximum atomic E-state index is 9.68. The zero-order valence-corrected chi connectivity index (χ0v) is 12.2. The Kier molecular flexibility index (Phi) is 4.34. The highest BCUT2D eigenvalue weighted by Gasteiger charge is 2.25. The van der Waals surface area contributed by atoms with Crippen LogP contribution in [0.2, 0.25) is 0 Å². The molecule has 3 rings (SSSR count). The third-order valence-electron chi connectivity index (χ3n) is 4.42. The number of nitrogens with zero attached hydrogens (tertiary/aromatic N) is 2. The van der Waals surface area contributed by atoms with Crippen LogP contribution >= 0.6 is 0 Å². The summed E-state index contributed by atoms with van der Waals surface area (Å²) in [6.07, 6.45) is 2.79. The van der Waals surface area contributed by atoms with Crippen molar-refractivity contribution in [3.05, 3.63) is 29.1 Å². The Balaban J connectivity index is 1.81. The molecule has 0 amide bonds. The van der Waals surface area contributed by atoms with Crippen molar-refractivity contribution in [2.45, 2.75) is 44.8 Å². The third-order valence-corrected chi connectivity index (χ3v) is 4.42. The lowest BCUT2D eigenvalue weighted by Crippen LogP contribution is -2.23. The molecule has 0 radical (unpaired) electrons. The lowest BCUT2D eigenvalue weighted by Gasteiger charge is -2.20. The Morgan fingerprint density at radius 3 is 2.95 bits per heavy atom. The predicted octanol–water partition coefficient (Wildman–Crippen LogP) is 1.71. The van der Waals surface area contributed by atoms with Gasteiger partial charge in [0.25, 0.3) is 0 Å². The van der Waals surface area contributed by atoms with Crippen molar-refractivity contribution in [3.8, 4) is 0 Å². The van der Waals surface area contributed by atoms with Crippen LogP contribution in [0.1, 0.15) is 42.6 Å². The molecule has 0 bridgehead atoms. The number of aliphatic hydroxyl groups excluding tert-OH is 1. The highest BCUT2D eigenvalue weighted by atomic mass is 16.5. The van der Waals surface area contributed by atoms with E-state index in [1.54, 1.807) is 0 Å². The van der Waals surface area contributed by atoms with Crippen molar-refractivity contribution < 1.29 is 9.84 Å². The molecule has 2 atom stereocenters. The summed E-state index contributed by atoms with van der Waals surface area (Å²) in [5.74, 6) is 0.496. The number of aromatic nitrogens is 1. The molecule has 1 aromatic rings. The van der Waals surface area contributed by atoms with Crippen LogP contribution in [0.25, 0.3) is 0 Å². The summed E-state index contributed by atoms with van der Waals surface area (Å²) in [6, 6.07) is 4.39. The van der Waals surface area contributed by atoms with Gasteiger partial charge in [0.05, 0.1) is 18.4 Å². The van der Waals surface area contributed by atoms with E-state index >= 15 is 0 Å². The second-order valence-electron chi connectivity index (χ2n) is 5.93. The number of hydrogen-bond donors (Lipinski definition) is 1. The van der Waals surface area contributed by atoms with Crippen molar-refractivity contribution in [1.29, 1.82) is 0 Å². The summed E-state index contributed by atoms with van der Waals surface area (Å²) in [7, 11) is 0. The summed E-state index contributed by atoms with van der Waals surface area (Å²) >= 11 is 0. The van der Waals surface area contributed by atoms with Crippen molar-refractivity contribution >= 4 is 0 Å². The van der Waals surface area contributed by atoms with E-state index in [4.69, 9.17) is 9.72 Å². The monoisotopic (exact) mass is 276 g/mol. The summed E-state index contributed by atoms with van der Waals surface area (Å²) in [6.45, 7) is 6.43. The van der Waals surface area contributed by atoms with Crippen LogP contribution in [-0.2, 0) is 17.7 Å². The van der Waals surface area contributed by atoms with Gasteiger partial charge in [-0.1, -0.05) is 13.0 Å². The molecule has 0 spiro atoms. The number of aryl methyl sites for hydroxylation is 1. The van der Waals surface area contributed by atoms with E-state index in [2.05, 4.69) is 24.0 Å². The normalized spacial score (nSPS) is 27.3. The Labute approximate surface area is 120 Å². The van der Waals surface area contributed by atoms with Crippen LogP contribution < -0.4 is 0 Å². The highest BCUT2D eigenvalue weighted by molar-refractivity contribution is 5.28. The smallest absolute Gasteiger partial charge is 0.0679 e. The fraction of sp³-hybridized carbons (Fsp3) is 0.688. The van der Waals surface area contributed by atoms with Crippen molar-refractivity contribution in [2.24, 2.45) is 0 Å². The van der Waals surface area contributed by atoms with Gasteiger partial charge in [-0.15, -0.1) is 0 Å². The summed E-state index contributed by atoms with van der Waals surface area (Å²) in [5.41, 5.74) is 3.69. The molecule has 3 heterocycles. The Morgan fingerprint density at radius 1 is 1.40 bits per heavy atom. The topological polar surface area (TPSA) is 45.6 Å². The minimum absolute atomic E-state index is 0.164. The number of β-amino-alcohol motifs (C(OH)–C–C–N with tert-alkyl or cyclic N) is 1. The molecule has 1 N–H and O–H groups in total. The Bertz CT molecular complexity index is 458. The van der Waals surface area contributed by atoms with Gasteiger partial charge in [-0.05, 0) is 30.9 Å². The molecule has 1 aromatic heterocycles. The maximum Gasteiger partial charge on any atom is 0.0679 e. The van der Waals surface area contributed by atoms with E-state index in [0.717, 1.165) is 57.8 Å². The maximum absolute atomic E-state index is 9.68. The number of ether oxygens (including phenoxy) is 1. The first kappa shape index (κ1) is 14.0. The van der Waals surface area contributed by atoms with Gasteiger partial charge in [0, 0.05) is 37.9 Å². The standard InChI is InChI=1S/C16H24N2O2/c1-2-13-3-4-15(12-6-8-20-11-12)16(17-13)10-18-7-5-14(19)9-18/h3-4,12,14,19H,2,5-11H2,1H3. The van der Waals surface area contributed by atoms with Crippen LogP contribution in [0.5, 0.6) is 0 Å². The lowest BCUT2D eigenvalue weighted by molar-refractivity contribution is 0.174. The van der Waals surface area contributed by atoms with Crippen molar-refractivity contribution in [2.75, 3.05) is 26.3 Å². The first-order valence-electron chi connectivity index (χ1n) is 7.73. The first-order valence-corrected chi connectivity index (χ1v) is 7.73. The van der Waals surface area contributed by atoms with Crippen molar-refractivity contribution in [1.82, 2.24) is 9.88 Å². The summed E-state index contributed by atoms with van der Waals surface area (Å²) in [4.78, 5) is 7.16. The van der Waals surface area contributed by atoms with Gasteiger partial charge in [0.2, 0.25) is 0 Å². The Hall–Kier alpha value is -0.970. The van der Waals surface area contributed by atoms with Gasteiger partial charge >= 0.3 is 0 Å². The SMILES string of the molecule is CCc1ccc(C2CCOC2)c(CN2CCC(O)C2)n1. The fourth-order valence-electron chi connectivity index (χ4n) is 3.20. The molecule has 2 aliphatic rings. The molecule has 2 fully saturated rings. The number of likely N-dealkylation sites (tertiary alicyclic amines) is 1. The van der Waals surface area contributed by atoms with Gasteiger partial charge in [-0.25, -0.2) is 0 Å². The van der Waals surface area contributed by atoms with Gasteiger partial charge < -0.3 is 9.84 Å². The molecule has 2 saturated heterocycles. The minimum atomic E-state index is -0.164. The molecular weight excluding hydrogens is 252 g/mol. The highest BCUT2D eigenvalue weighted by Crippen LogP contribution is 2.28. The van der Waals surface area contributed by atoms with Crippen LogP contribution in [0.4, 0.5) is 0 Å². The zero-order valence-electron chi connectivity index (χ0n) is 12.2. The summed E-state index contributed by atoms with van der Waals surface area (Å²) < 4.78 is 5.53. The second-order valence-corrected chi connectivity index (χ2v) is 5.93. The minimum Gasteiger partial charge on any atom is -0.392 e. The van der Waals surface area contributed by atoms with E-state index in [-0.39, 0.29) is 6.10 Å². The largest absolute Gasteiger partial charge is 0.392 e. The van der Waals surface area contributed by atoms with Crippen molar-refractivity contribution in [3.63, 3.8) is 0 Å². The van der Waals surface area contributed by atoms with Gasteiger partial charge in [-0.3, -0.25) is 9.88 Å². The first-order chi connectivity index (χ1) is 9.76. The molecule has 0 aromatic carbocycles. The Morgan fingerprint density at radius 2 is 2.30 bits per heavy atom. The zero-order chi connectivity index (χ0) is 13.9. The molecule has 20 heavy (non-hydrogen) atoms. The van der Waals surface area contributed by atoms with Gasteiger partial charge in [0.1, 0.15) is 0 Å². The van der Waals surface area contributed by atoms with Crippen LogP contribution in [0.3, 0.4) is 0 Å². The molecule has 4 nitrogen and oxygen atoms in total. The number of hydrogen-bond acceptors (Lipinski definition) is 4. The second kappa shape index (κ2) is 6.20. The van der Waals surface area contributed by atoms with Gasteiger partial charge in [-0.2, -0.15) is 0 Å². The summed E-state index contributed by atoms with van der Waals surface area (Å²) in [5, 5.41) is 9.68. The van der Waals surface area contributed by atoms with Crippen LogP contribution in [-0.4, -0.2) is 47.4 Å². The molecule has 110 valence electrons. The molecular formula is C16H24N2O2. The fourth-order valence-corrected chi connectivity index (χ4v) is 3.20. The molecule has 2 unspecified atom stereocenters. The number of rotatable bonds is 4. The van der Waals surface area contributed by atoms with E-state index in [0.29, 0.717) is 5.92 Å². The van der Waals surface area contributed by atoms with Crippen LogP contribution in [0, 0.1) is 0 Å². The van der Waals surface area contributed by atoms with E-state index in [1.807, 2.05) is 0 Å². The third kappa shape index (κ3) is 3.03. The quantitative estimate of drug-likeness (QED) is 0.909. The van der Waals surface area contributed by atoms with Crippen LogP contribution in [0.15, 0.2) is 12.1 Å². The molecule has 2 aliphatic heterocycles. The average Bonchev–Trinajstić information content (AvgIpc) is 3.10. The van der Waals surface area contributed by atoms with E-state index in [1.165, 1.54) is 11.3 Å².